The number of methoxy groups -OCH3 is 1. The number of ether oxygens (including phenoxy) is 2. The molecule has 2 aromatic carbocycles. The Morgan fingerprint density at radius 2 is 2.00 bits per heavy atom. The maximum Gasteiger partial charge on any atom is 0.247 e. The first-order valence-electron chi connectivity index (χ1n) is 11.4. The summed E-state index contributed by atoms with van der Waals surface area (Å²) in [6.45, 7) is 5.13. The summed E-state index contributed by atoms with van der Waals surface area (Å²) in [4.78, 5) is 13.4. The fraction of sp³-hybridized carbons (Fsp3) is 0.423. The molecule has 3 atom stereocenters. The van der Waals surface area contributed by atoms with Crippen LogP contribution < -0.4 is 9.47 Å². The number of para-hydroxylation sites is 1. The van der Waals surface area contributed by atoms with Crippen LogP contribution in [0.5, 0.6) is 11.5 Å². The molecule has 0 spiro atoms. The van der Waals surface area contributed by atoms with E-state index in [1.54, 1.807) is 38.1 Å². The van der Waals surface area contributed by atoms with Gasteiger partial charge in [-0.2, -0.15) is 4.31 Å². The number of fused-ring (bicyclic) bond motifs is 1. The van der Waals surface area contributed by atoms with Crippen LogP contribution >= 0.6 is 0 Å². The van der Waals surface area contributed by atoms with Gasteiger partial charge in [-0.15, -0.1) is 0 Å². The van der Waals surface area contributed by atoms with Crippen molar-refractivity contribution in [1.82, 2.24) is 9.21 Å². The zero-order chi connectivity index (χ0) is 25.8. The van der Waals surface area contributed by atoms with Crippen molar-refractivity contribution in [3.05, 3.63) is 53.6 Å². The van der Waals surface area contributed by atoms with Crippen LogP contribution in [0.4, 0.5) is 0 Å². The Morgan fingerprint density at radius 3 is 2.66 bits per heavy atom. The van der Waals surface area contributed by atoms with E-state index in [9.17, 15) is 18.3 Å². The van der Waals surface area contributed by atoms with E-state index in [4.69, 9.17) is 9.47 Å². The summed E-state index contributed by atoms with van der Waals surface area (Å²) in [5.41, 5.74) is 1.27. The SMILES string of the molecule is COc1ccccc1C#Cc1ccc2c(c1)O[C@H](CN(C)C(C)=O)[C@H](C)CN([C@@H](C)CO)S2(=O)=O. The van der Waals surface area contributed by atoms with Crippen molar-refractivity contribution in [2.75, 3.05) is 33.9 Å². The lowest BCUT2D eigenvalue weighted by molar-refractivity contribution is -0.129. The largest absolute Gasteiger partial charge is 0.495 e. The molecule has 188 valence electrons. The number of nitrogens with zero attached hydrogens (tertiary/aromatic N) is 2. The van der Waals surface area contributed by atoms with Gasteiger partial charge >= 0.3 is 0 Å². The molecule has 2 aromatic rings. The molecule has 0 radical (unpaired) electrons. The highest BCUT2D eigenvalue weighted by atomic mass is 32.2. The molecule has 0 aliphatic carbocycles. The highest BCUT2D eigenvalue weighted by Crippen LogP contribution is 2.34. The Hall–Kier alpha value is -3.06. The standard InChI is InChI=1S/C26H32N2O6S/c1-18-15-28(19(2)17-29)35(31,32)26-13-11-21(10-12-22-8-6-7-9-23(22)33-5)14-24(26)34-25(18)16-27(4)20(3)30/h6-9,11,13-14,18-19,25,29H,15-17H2,1-5H3/t18-,19+,25-/m1/s1. The minimum atomic E-state index is -3.95. The second kappa shape index (κ2) is 11.1. The van der Waals surface area contributed by atoms with Crippen LogP contribution in [-0.2, 0) is 14.8 Å². The van der Waals surface area contributed by atoms with E-state index in [0.717, 1.165) is 0 Å². The van der Waals surface area contributed by atoms with E-state index in [1.165, 1.54) is 17.3 Å². The summed E-state index contributed by atoms with van der Waals surface area (Å²) in [6, 6.07) is 11.5. The van der Waals surface area contributed by atoms with Crippen LogP contribution in [0.1, 0.15) is 31.9 Å². The number of aliphatic hydroxyl groups excluding tert-OH is 1. The summed E-state index contributed by atoms with van der Waals surface area (Å²) >= 11 is 0. The zero-order valence-electron chi connectivity index (χ0n) is 20.7. The molecule has 9 heteroatoms. The molecule has 0 unspecified atom stereocenters. The molecule has 1 amide bonds. The second-order valence-electron chi connectivity index (χ2n) is 8.75. The summed E-state index contributed by atoms with van der Waals surface area (Å²) in [7, 11) is -0.699. The zero-order valence-corrected chi connectivity index (χ0v) is 21.5. The van der Waals surface area contributed by atoms with E-state index in [2.05, 4.69) is 11.8 Å². The number of hydrogen-bond donors (Lipinski definition) is 1. The van der Waals surface area contributed by atoms with E-state index in [-0.39, 0.29) is 42.2 Å². The van der Waals surface area contributed by atoms with Crippen molar-refractivity contribution >= 4 is 15.9 Å². The van der Waals surface area contributed by atoms with Crippen molar-refractivity contribution in [2.45, 2.75) is 37.8 Å². The maximum atomic E-state index is 13.6. The number of likely N-dealkylation sites (N-methyl/N-ethyl adjacent to an activating group) is 1. The molecule has 1 aliphatic rings. The van der Waals surface area contributed by atoms with E-state index in [1.807, 2.05) is 31.2 Å². The van der Waals surface area contributed by atoms with Crippen molar-refractivity contribution < 1.29 is 27.8 Å². The van der Waals surface area contributed by atoms with Gasteiger partial charge in [-0.25, -0.2) is 8.42 Å². The van der Waals surface area contributed by atoms with Crippen molar-refractivity contribution in [2.24, 2.45) is 5.92 Å². The molecule has 0 saturated heterocycles. The molecule has 8 nitrogen and oxygen atoms in total. The van der Waals surface area contributed by atoms with Crippen LogP contribution in [0.15, 0.2) is 47.4 Å². The summed E-state index contributed by atoms with van der Waals surface area (Å²) in [6.07, 6.45) is -0.469. The van der Waals surface area contributed by atoms with Crippen LogP contribution in [0, 0.1) is 17.8 Å². The van der Waals surface area contributed by atoms with Gasteiger partial charge in [-0.3, -0.25) is 4.79 Å². The maximum absolute atomic E-state index is 13.6. The quantitative estimate of drug-likeness (QED) is 0.633. The average Bonchev–Trinajstić information content (AvgIpc) is 2.84. The summed E-state index contributed by atoms with van der Waals surface area (Å²) in [5.74, 6) is 6.55. The summed E-state index contributed by atoms with van der Waals surface area (Å²) < 4.78 is 40.0. The van der Waals surface area contributed by atoms with Gasteiger partial charge in [0.25, 0.3) is 0 Å². The first-order chi connectivity index (χ1) is 16.6. The molecule has 0 fully saturated rings. The lowest BCUT2D eigenvalue weighted by Gasteiger charge is -2.37. The highest BCUT2D eigenvalue weighted by Gasteiger charge is 2.38. The smallest absolute Gasteiger partial charge is 0.247 e. The van der Waals surface area contributed by atoms with Crippen LogP contribution in [0.25, 0.3) is 0 Å². The molecule has 1 heterocycles. The second-order valence-corrected chi connectivity index (χ2v) is 10.6. The fourth-order valence-electron chi connectivity index (χ4n) is 3.81. The number of benzene rings is 2. The summed E-state index contributed by atoms with van der Waals surface area (Å²) in [5, 5.41) is 9.75. The van der Waals surface area contributed by atoms with Crippen LogP contribution in [-0.4, -0.2) is 74.6 Å². The molecule has 1 N–H and O–H groups in total. The van der Waals surface area contributed by atoms with E-state index >= 15 is 0 Å². The highest BCUT2D eigenvalue weighted by molar-refractivity contribution is 7.89. The van der Waals surface area contributed by atoms with Crippen molar-refractivity contribution in [3.8, 4) is 23.3 Å². The lowest BCUT2D eigenvalue weighted by atomic mass is 10.0. The molecule has 1 aliphatic heterocycles. The van der Waals surface area contributed by atoms with Gasteiger partial charge in [0.1, 0.15) is 22.5 Å². The molecule has 0 saturated carbocycles. The Kier molecular flexibility index (Phi) is 8.43. The minimum absolute atomic E-state index is 0.00280. The van der Waals surface area contributed by atoms with Crippen LogP contribution in [0.3, 0.4) is 0 Å². The number of hydrogen-bond acceptors (Lipinski definition) is 6. The number of aliphatic hydroxyl groups is 1. The van der Waals surface area contributed by atoms with E-state index < -0.39 is 22.2 Å². The first-order valence-corrected chi connectivity index (χ1v) is 12.8. The van der Waals surface area contributed by atoms with Gasteiger partial charge in [0, 0.05) is 38.0 Å². The Morgan fingerprint density at radius 1 is 1.29 bits per heavy atom. The van der Waals surface area contributed by atoms with Gasteiger partial charge in [-0.05, 0) is 37.3 Å². The fourth-order valence-corrected chi connectivity index (χ4v) is 5.63. The van der Waals surface area contributed by atoms with Crippen LogP contribution in [0.2, 0.25) is 0 Å². The minimum Gasteiger partial charge on any atom is -0.495 e. The third-order valence-corrected chi connectivity index (χ3v) is 8.13. The molecule has 3 rings (SSSR count). The normalized spacial score (nSPS) is 20.2. The molecular formula is C26H32N2O6S. The Labute approximate surface area is 207 Å². The predicted octanol–water partition coefficient (Wildman–Crippen LogP) is 2.34. The van der Waals surface area contributed by atoms with E-state index in [0.29, 0.717) is 16.9 Å². The average molecular weight is 501 g/mol. The van der Waals surface area contributed by atoms with Gasteiger partial charge < -0.3 is 19.5 Å². The number of carbonyl (C=O) groups excluding carboxylic acids is 1. The number of rotatable bonds is 5. The van der Waals surface area contributed by atoms with Gasteiger partial charge in [0.05, 0.1) is 25.8 Å². The molecule has 0 aromatic heterocycles. The van der Waals surface area contributed by atoms with Crippen molar-refractivity contribution in [1.29, 1.82) is 0 Å². The molecule has 35 heavy (non-hydrogen) atoms. The molecule has 0 bridgehead atoms. The number of carbonyl (C=O) groups is 1. The predicted molar refractivity (Wildman–Crippen MR) is 133 cm³/mol. The topological polar surface area (TPSA) is 96.4 Å². The third-order valence-electron chi connectivity index (χ3n) is 6.11. The Bertz CT molecular complexity index is 1230. The lowest BCUT2D eigenvalue weighted by Crippen LogP contribution is -2.50. The first kappa shape index (κ1) is 26.5. The van der Waals surface area contributed by atoms with Gasteiger partial charge in [0.15, 0.2) is 0 Å². The number of amides is 1. The van der Waals surface area contributed by atoms with Crippen molar-refractivity contribution in [3.63, 3.8) is 0 Å². The number of sulfonamides is 1. The van der Waals surface area contributed by atoms with Gasteiger partial charge in [0.2, 0.25) is 15.9 Å². The van der Waals surface area contributed by atoms with Gasteiger partial charge in [-0.1, -0.05) is 30.9 Å². The monoisotopic (exact) mass is 500 g/mol. The Balaban J connectivity index is 2.09. The molecular weight excluding hydrogens is 468 g/mol. The third kappa shape index (κ3) is 5.96.